The van der Waals surface area contributed by atoms with Gasteiger partial charge in [-0.15, -0.1) is 11.8 Å². The summed E-state index contributed by atoms with van der Waals surface area (Å²) < 4.78 is 5.01. The second kappa shape index (κ2) is 2.83. The molecule has 2 rings (SSSR count). The van der Waals surface area contributed by atoms with E-state index in [9.17, 15) is 0 Å². The van der Waals surface area contributed by atoms with Crippen LogP contribution >= 0.6 is 11.8 Å². The molecule has 0 bridgehead atoms. The molecule has 0 aliphatic carbocycles. The van der Waals surface area contributed by atoms with E-state index in [1.807, 2.05) is 18.7 Å². The molecule has 1 fully saturated rings. The van der Waals surface area contributed by atoms with E-state index in [-0.39, 0.29) is 6.04 Å². The fourth-order valence-electron chi connectivity index (χ4n) is 1.01. The van der Waals surface area contributed by atoms with Crippen molar-refractivity contribution in [3.63, 3.8) is 0 Å². The standard InChI is InChI=1S/C6H9N3OS/c1-4-8-6(10-9-4)5-2-11-3-7-5/h5,7H,2-3H2,1H3. The third kappa shape index (κ3) is 1.39. The van der Waals surface area contributed by atoms with Crippen molar-refractivity contribution in [1.29, 1.82) is 0 Å². The molecule has 5 heteroatoms. The van der Waals surface area contributed by atoms with Gasteiger partial charge in [0, 0.05) is 11.6 Å². The maximum absolute atomic E-state index is 5.01. The summed E-state index contributed by atoms with van der Waals surface area (Å²) in [7, 11) is 0. The van der Waals surface area contributed by atoms with Crippen molar-refractivity contribution >= 4 is 11.8 Å². The normalized spacial score (nSPS) is 24.3. The van der Waals surface area contributed by atoms with Crippen LogP contribution in [0, 0.1) is 6.92 Å². The summed E-state index contributed by atoms with van der Waals surface area (Å²) in [5, 5.41) is 6.98. The van der Waals surface area contributed by atoms with Gasteiger partial charge in [-0.1, -0.05) is 5.16 Å². The molecule has 0 spiro atoms. The highest BCUT2D eigenvalue weighted by Gasteiger charge is 2.21. The Kier molecular flexibility index (Phi) is 1.83. The third-order valence-corrected chi connectivity index (χ3v) is 2.50. The van der Waals surface area contributed by atoms with Crippen LogP contribution in [0.3, 0.4) is 0 Å². The number of aromatic nitrogens is 2. The zero-order valence-corrected chi connectivity index (χ0v) is 7.02. The minimum atomic E-state index is 0.265. The molecule has 1 aromatic rings. The number of nitrogens with one attached hydrogen (secondary N) is 1. The first-order chi connectivity index (χ1) is 5.36. The molecule has 0 radical (unpaired) electrons. The Labute approximate surface area is 68.7 Å². The Morgan fingerprint density at radius 1 is 1.73 bits per heavy atom. The van der Waals surface area contributed by atoms with Crippen LogP contribution in [0.4, 0.5) is 0 Å². The quantitative estimate of drug-likeness (QED) is 0.674. The molecule has 1 aromatic heterocycles. The average Bonchev–Trinajstić information content (AvgIpc) is 2.55. The Balaban J connectivity index is 2.15. The number of aryl methyl sites for hydroxylation is 1. The first-order valence-corrected chi connectivity index (χ1v) is 4.63. The highest BCUT2D eigenvalue weighted by Crippen LogP contribution is 2.22. The molecule has 1 aliphatic rings. The van der Waals surface area contributed by atoms with E-state index >= 15 is 0 Å². The van der Waals surface area contributed by atoms with Gasteiger partial charge in [0.1, 0.15) is 0 Å². The van der Waals surface area contributed by atoms with Gasteiger partial charge in [-0.05, 0) is 6.92 Å². The zero-order chi connectivity index (χ0) is 7.68. The third-order valence-electron chi connectivity index (χ3n) is 1.56. The summed E-state index contributed by atoms with van der Waals surface area (Å²) >= 11 is 1.85. The summed E-state index contributed by atoms with van der Waals surface area (Å²) in [4.78, 5) is 4.14. The first kappa shape index (κ1) is 7.12. The van der Waals surface area contributed by atoms with Gasteiger partial charge in [-0.2, -0.15) is 4.98 Å². The summed E-state index contributed by atoms with van der Waals surface area (Å²) in [6.45, 7) is 1.83. The summed E-state index contributed by atoms with van der Waals surface area (Å²) in [5.41, 5.74) is 0. The van der Waals surface area contributed by atoms with Crippen LogP contribution in [0.15, 0.2) is 4.52 Å². The van der Waals surface area contributed by atoms with E-state index < -0.39 is 0 Å². The maximum Gasteiger partial charge on any atom is 0.244 e. The molecule has 11 heavy (non-hydrogen) atoms. The lowest BCUT2D eigenvalue weighted by Gasteiger charge is -1.99. The molecule has 0 aromatic carbocycles. The topological polar surface area (TPSA) is 51.0 Å². The molecule has 1 atom stereocenters. The second-order valence-corrected chi connectivity index (χ2v) is 3.48. The van der Waals surface area contributed by atoms with Crippen molar-refractivity contribution in [2.24, 2.45) is 0 Å². The molecular weight excluding hydrogens is 162 g/mol. The molecule has 2 heterocycles. The second-order valence-electron chi connectivity index (χ2n) is 2.45. The van der Waals surface area contributed by atoms with Crippen molar-refractivity contribution in [3.8, 4) is 0 Å². The number of rotatable bonds is 1. The lowest BCUT2D eigenvalue weighted by Crippen LogP contribution is -2.14. The number of hydrogen-bond donors (Lipinski definition) is 1. The molecule has 1 saturated heterocycles. The van der Waals surface area contributed by atoms with E-state index in [1.165, 1.54) is 0 Å². The molecule has 1 aliphatic heterocycles. The van der Waals surface area contributed by atoms with Crippen LogP contribution in [0.1, 0.15) is 17.8 Å². The summed E-state index contributed by atoms with van der Waals surface area (Å²) in [6, 6.07) is 0.265. The van der Waals surface area contributed by atoms with Crippen molar-refractivity contribution in [2.75, 3.05) is 11.6 Å². The highest BCUT2D eigenvalue weighted by molar-refractivity contribution is 7.99. The summed E-state index contributed by atoms with van der Waals surface area (Å²) in [5.74, 6) is 3.43. The molecule has 60 valence electrons. The molecule has 1 unspecified atom stereocenters. The number of hydrogen-bond acceptors (Lipinski definition) is 5. The fraction of sp³-hybridized carbons (Fsp3) is 0.667. The molecule has 0 saturated carbocycles. The van der Waals surface area contributed by atoms with Crippen LogP contribution in [0.2, 0.25) is 0 Å². The van der Waals surface area contributed by atoms with Gasteiger partial charge in [0.2, 0.25) is 5.89 Å². The summed E-state index contributed by atoms with van der Waals surface area (Å²) in [6.07, 6.45) is 0. The molecular formula is C6H9N3OS. The lowest BCUT2D eigenvalue weighted by molar-refractivity contribution is 0.348. The largest absolute Gasteiger partial charge is 0.338 e. The highest BCUT2D eigenvalue weighted by atomic mass is 32.2. The Morgan fingerprint density at radius 3 is 3.18 bits per heavy atom. The van der Waals surface area contributed by atoms with Gasteiger partial charge in [0.25, 0.3) is 0 Å². The predicted molar refractivity (Wildman–Crippen MR) is 42.2 cm³/mol. The van der Waals surface area contributed by atoms with E-state index in [2.05, 4.69) is 15.5 Å². The van der Waals surface area contributed by atoms with Gasteiger partial charge < -0.3 is 4.52 Å². The fourth-order valence-corrected chi connectivity index (χ4v) is 1.94. The number of nitrogens with zero attached hydrogens (tertiary/aromatic N) is 2. The Morgan fingerprint density at radius 2 is 2.64 bits per heavy atom. The smallest absolute Gasteiger partial charge is 0.244 e. The predicted octanol–water partition coefficient (Wildman–Crippen LogP) is 0.713. The van der Waals surface area contributed by atoms with E-state index in [4.69, 9.17) is 4.52 Å². The van der Waals surface area contributed by atoms with Crippen molar-refractivity contribution in [1.82, 2.24) is 15.5 Å². The average molecular weight is 171 g/mol. The van der Waals surface area contributed by atoms with E-state index in [0.717, 1.165) is 11.6 Å². The molecule has 1 N–H and O–H groups in total. The van der Waals surface area contributed by atoms with Gasteiger partial charge >= 0.3 is 0 Å². The Hall–Kier alpha value is -0.550. The van der Waals surface area contributed by atoms with Crippen LogP contribution in [0.5, 0.6) is 0 Å². The van der Waals surface area contributed by atoms with Gasteiger partial charge in [0.05, 0.1) is 6.04 Å². The Bertz CT molecular complexity index is 244. The monoisotopic (exact) mass is 171 g/mol. The van der Waals surface area contributed by atoms with Gasteiger partial charge in [0.15, 0.2) is 5.82 Å². The van der Waals surface area contributed by atoms with Crippen LogP contribution in [0.25, 0.3) is 0 Å². The van der Waals surface area contributed by atoms with E-state index in [1.54, 1.807) is 0 Å². The van der Waals surface area contributed by atoms with Gasteiger partial charge in [-0.25, -0.2) is 0 Å². The minimum Gasteiger partial charge on any atom is -0.338 e. The van der Waals surface area contributed by atoms with Crippen LogP contribution in [-0.4, -0.2) is 21.8 Å². The lowest BCUT2D eigenvalue weighted by atomic mass is 10.3. The maximum atomic E-state index is 5.01. The molecule has 0 amide bonds. The molecule has 4 nitrogen and oxygen atoms in total. The van der Waals surface area contributed by atoms with Crippen molar-refractivity contribution in [2.45, 2.75) is 13.0 Å². The first-order valence-electron chi connectivity index (χ1n) is 3.47. The van der Waals surface area contributed by atoms with Crippen molar-refractivity contribution < 1.29 is 4.52 Å². The van der Waals surface area contributed by atoms with Crippen LogP contribution < -0.4 is 5.32 Å². The number of thioether (sulfide) groups is 1. The zero-order valence-electron chi connectivity index (χ0n) is 6.20. The van der Waals surface area contributed by atoms with Crippen molar-refractivity contribution in [3.05, 3.63) is 11.7 Å². The van der Waals surface area contributed by atoms with E-state index in [0.29, 0.717) is 11.7 Å². The SMILES string of the molecule is Cc1noc(C2CSCN2)n1. The van der Waals surface area contributed by atoms with Gasteiger partial charge in [-0.3, -0.25) is 5.32 Å². The van der Waals surface area contributed by atoms with Crippen LogP contribution in [-0.2, 0) is 0 Å². The minimum absolute atomic E-state index is 0.265.